The molecule has 0 saturated carbocycles. The molecular formula is C34H47N3O4. The SMILES string of the molecule is C#Cc1ccc(C(C(=O)NC(C)C)N(CCCCCCC)C(=O)C(Cc2ccccc2)NC(=O)OC(C)(C)C)cc1. The third kappa shape index (κ3) is 11.7. The first kappa shape index (κ1) is 33.4. The van der Waals surface area contributed by atoms with Crippen LogP contribution in [0.1, 0.15) is 96.4 Å². The molecule has 0 bridgehead atoms. The quantitative estimate of drug-likeness (QED) is 0.213. The number of unbranched alkanes of at least 4 members (excludes halogenated alkanes) is 4. The fraction of sp³-hybridized carbons (Fsp3) is 0.500. The minimum Gasteiger partial charge on any atom is -0.444 e. The lowest BCUT2D eigenvalue weighted by Crippen LogP contribution is -2.54. The minimum atomic E-state index is -0.942. The highest BCUT2D eigenvalue weighted by Gasteiger charge is 2.36. The highest BCUT2D eigenvalue weighted by atomic mass is 16.6. The summed E-state index contributed by atoms with van der Waals surface area (Å²) in [5.41, 5.74) is 1.48. The Labute approximate surface area is 246 Å². The molecule has 7 heteroatoms. The smallest absolute Gasteiger partial charge is 0.408 e. The van der Waals surface area contributed by atoms with E-state index in [-0.39, 0.29) is 24.3 Å². The second-order valence-electron chi connectivity index (χ2n) is 11.7. The van der Waals surface area contributed by atoms with E-state index in [0.717, 1.165) is 37.7 Å². The van der Waals surface area contributed by atoms with Crippen molar-refractivity contribution in [1.29, 1.82) is 0 Å². The number of amides is 3. The predicted molar refractivity (Wildman–Crippen MR) is 164 cm³/mol. The van der Waals surface area contributed by atoms with Gasteiger partial charge in [0.2, 0.25) is 11.8 Å². The predicted octanol–water partition coefficient (Wildman–Crippen LogP) is 6.17. The van der Waals surface area contributed by atoms with Gasteiger partial charge in [0.15, 0.2) is 0 Å². The van der Waals surface area contributed by atoms with E-state index >= 15 is 0 Å². The maximum atomic E-state index is 14.4. The standard InChI is InChI=1S/C34H47N3O4/c1-8-10-11-12-16-23-37(30(31(38)35-25(3)4)28-21-19-26(9-2)20-22-28)32(39)29(24-27-17-14-13-15-18-27)36-33(40)41-34(5,6)7/h2,13-15,17-22,25,29-30H,8,10-12,16,23-24H2,1,3-7H3,(H,35,38)(H,36,40). The van der Waals surface area contributed by atoms with Crippen LogP contribution in [0.15, 0.2) is 54.6 Å². The molecule has 2 aromatic rings. The average molecular weight is 562 g/mol. The molecule has 0 spiro atoms. The maximum Gasteiger partial charge on any atom is 0.408 e. The van der Waals surface area contributed by atoms with Crippen LogP contribution in [-0.2, 0) is 20.7 Å². The third-order valence-corrected chi connectivity index (χ3v) is 6.44. The summed E-state index contributed by atoms with van der Waals surface area (Å²) in [6, 6.07) is 14.7. The number of rotatable bonds is 14. The van der Waals surface area contributed by atoms with Crippen LogP contribution >= 0.6 is 0 Å². The highest BCUT2D eigenvalue weighted by Crippen LogP contribution is 2.25. The molecule has 3 amide bonds. The monoisotopic (exact) mass is 561 g/mol. The number of terminal acetylenes is 1. The van der Waals surface area contributed by atoms with Crippen molar-refractivity contribution in [3.05, 3.63) is 71.3 Å². The van der Waals surface area contributed by atoms with Gasteiger partial charge in [0.1, 0.15) is 17.7 Å². The minimum absolute atomic E-state index is 0.128. The Kier molecular flexibility index (Phi) is 13.4. The van der Waals surface area contributed by atoms with E-state index in [1.54, 1.807) is 49.9 Å². The number of ether oxygens (including phenoxy) is 1. The van der Waals surface area contributed by atoms with E-state index in [9.17, 15) is 14.4 Å². The van der Waals surface area contributed by atoms with Crippen LogP contribution in [-0.4, -0.2) is 47.0 Å². The first-order chi connectivity index (χ1) is 19.4. The molecule has 0 aliphatic carbocycles. The maximum absolute atomic E-state index is 14.4. The topological polar surface area (TPSA) is 87.7 Å². The van der Waals surface area contributed by atoms with E-state index in [2.05, 4.69) is 23.5 Å². The Morgan fingerprint density at radius 3 is 2.12 bits per heavy atom. The van der Waals surface area contributed by atoms with Gasteiger partial charge in [-0.2, -0.15) is 0 Å². The zero-order valence-corrected chi connectivity index (χ0v) is 25.5. The van der Waals surface area contributed by atoms with Crippen molar-refractivity contribution in [2.24, 2.45) is 0 Å². The van der Waals surface area contributed by atoms with Crippen LogP contribution in [0.2, 0.25) is 0 Å². The zero-order valence-electron chi connectivity index (χ0n) is 25.5. The summed E-state index contributed by atoms with van der Waals surface area (Å²) < 4.78 is 5.51. The summed E-state index contributed by atoms with van der Waals surface area (Å²) >= 11 is 0. The number of hydrogen-bond acceptors (Lipinski definition) is 4. The van der Waals surface area contributed by atoms with Crippen molar-refractivity contribution in [2.45, 2.75) is 104 Å². The summed E-state index contributed by atoms with van der Waals surface area (Å²) in [4.78, 5) is 42.7. The van der Waals surface area contributed by atoms with Gasteiger partial charge in [-0.15, -0.1) is 6.42 Å². The molecule has 41 heavy (non-hydrogen) atoms. The lowest BCUT2D eigenvalue weighted by molar-refractivity contribution is -0.142. The zero-order chi connectivity index (χ0) is 30.4. The molecule has 2 rings (SSSR count). The number of carbonyl (C=O) groups excluding carboxylic acids is 3. The molecular weight excluding hydrogens is 514 g/mol. The molecule has 0 heterocycles. The van der Waals surface area contributed by atoms with Crippen LogP contribution < -0.4 is 10.6 Å². The molecule has 0 radical (unpaired) electrons. The first-order valence-corrected chi connectivity index (χ1v) is 14.7. The Hall–Kier alpha value is -3.79. The third-order valence-electron chi connectivity index (χ3n) is 6.44. The van der Waals surface area contributed by atoms with E-state index in [1.165, 1.54) is 0 Å². The molecule has 2 atom stereocenters. The van der Waals surface area contributed by atoms with Crippen LogP contribution in [0, 0.1) is 12.3 Å². The van der Waals surface area contributed by atoms with Gasteiger partial charge >= 0.3 is 6.09 Å². The van der Waals surface area contributed by atoms with E-state index in [0.29, 0.717) is 17.7 Å². The molecule has 2 aromatic carbocycles. The first-order valence-electron chi connectivity index (χ1n) is 14.7. The molecule has 0 aromatic heterocycles. The van der Waals surface area contributed by atoms with Crippen molar-refractivity contribution < 1.29 is 19.1 Å². The largest absolute Gasteiger partial charge is 0.444 e. The summed E-state index contributed by atoms with van der Waals surface area (Å²) in [7, 11) is 0. The van der Waals surface area contributed by atoms with Crippen LogP contribution in [0.3, 0.4) is 0 Å². The van der Waals surface area contributed by atoms with E-state index in [1.807, 2.05) is 44.2 Å². The number of nitrogens with one attached hydrogen (secondary N) is 2. The second-order valence-corrected chi connectivity index (χ2v) is 11.7. The Balaban J connectivity index is 2.54. The van der Waals surface area contributed by atoms with Crippen LogP contribution in [0.4, 0.5) is 4.79 Å². The summed E-state index contributed by atoms with van der Waals surface area (Å²) in [5, 5.41) is 5.80. The fourth-order valence-corrected chi connectivity index (χ4v) is 4.55. The number of nitrogens with zero attached hydrogens (tertiary/aromatic N) is 1. The van der Waals surface area contributed by atoms with Crippen molar-refractivity contribution in [2.75, 3.05) is 6.54 Å². The Morgan fingerprint density at radius 2 is 1.56 bits per heavy atom. The normalized spacial score (nSPS) is 12.6. The second kappa shape index (κ2) is 16.5. The average Bonchev–Trinajstić information content (AvgIpc) is 2.91. The summed E-state index contributed by atoms with van der Waals surface area (Å²) in [5.74, 6) is 1.97. The van der Waals surface area contributed by atoms with Crippen molar-refractivity contribution >= 4 is 17.9 Å². The number of benzene rings is 2. The Morgan fingerprint density at radius 1 is 0.927 bits per heavy atom. The Bertz CT molecular complexity index is 1150. The lowest BCUT2D eigenvalue weighted by atomic mass is 9.98. The van der Waals surface area contributed by atoms with E-state index in [4.69, 9.17) is 11.2 Å². The van der Waals surface area contributed by atoms with Crippen LogP contribution in [0.25, 0.3) is 0 Å². The van der Waals surface area contributed by atoms with Crippen molar-refractivity contribution in [3.63, 3.8) is 0 Å². The molecule has 2 unspecified atom stereocenters. The van der Waals surface area contributed by atoms with Gasteiger partial charge in [-0.05, 0) is 64.3 Å². The number of carbonyl (C=O) groups is 3. The molecule has 2 N–H and O–H groups in total. The number of hydrogen-bond donors (Lipinski definition) is 2. The fourth-order valence-electron chi connectivity index (χ4n) is 4.55. The molecule has 0 fully saturated rings. The van der Waals surface area contributed by atoms with Crippen molar-refractivity contribution in [3.8, 4) is 12.3 Å². The molecule has 7 nitrogen and oxygen atoms in total. The van der Waals surface area contributed by atoms with Gasteiger partial charge in [0.25, 0.3) is 0 Å². The highest BCUT2D eigenvalue weighted by molar-refractivity contribution is 5.92. The van der Waals surface area contributed by atoms with Gasteiger partial charge in [0, 0.05) is 24.6 Å². The van der Waals surface area contributed by atoms with Gasteiger partial charge < -0.3 is 20.3 Å². The molecule has 0 aliphatic rings. The molecule has 0 aliphatic heterocycles. The van der Waals surface area contributed by atoms with Crippen molar-refractivity contribution in [1.82, 2.24) is 15.5 Å². The van der Waals surface area contributed by atoms with E-state index < -0.39 is 23.8 Å². The van der Waals surface area contributed by atoms with Crippen LogP contribution in [0.5, 0.6) is 0 Å². The molecule has 222 valence electrons. The van der Waals surface area contributed by atoms with Gasteiger partial charge in [-0.25, -0.2) is 4.79 Å². The summed E-state index contributed by atoms with van der Waals surface area (Å²) in [6.07, 6.45) is 10.0. The van der Waals surface area contributed by atoms with Gasteiger partial charge in [0.05, 0.1) is 0 Å². The van der Waals surface area contributed by atoms with Gasteiger partial charge in [-0.1, -0.05) is 81.0 Å². The lowest BCUT2D eigenvalue weighted by Gasteiger charge is -2.35. The molecule has 0 saturated heterocycles. The van der Waals surface area contributed by atoms with Gasteiger partial charge in [-0.3, -0.25) is 9.59 Å². The number of alkyl carbamates (subject to hydrolysis) is 1. The summed E-state index contributed by atoms with van der Waals surface area (Å²) in [6.45, 7) is 11.6.